The molecule has 1 aliphatic heterocycles. The first-order valence-corrected chi connectivity index (χ1v) is 5.11. The first-order chi connectivity index (χ1) is 6.45. The summed E-state index contributed by atoms with van der Waals surface area (Å²) in [4.78, 5) is 4.01. The lowest BCUT2D eigenvalue weighted by atomic mass is 10.1. The van der Waals surface area contributed by atoms with E-state index in [1.54, 1.807) is 0 Å². The zero-order valence-electron chi connectivity index (χ0n) is 8.53. The number of hydrogen-bond acceptors (Lipinski definition) is 2. The molecule has 1 N–H and O–H groups in total. The number of hydrogen-bond donors (Lipinski definition) is 1. The van der Waals surface area contributed by atoms with Crippen LogP contribution in [-0.4, -0.2) is 22.6 Å². The van der Waals surface area contributed by atoms with Crippen molar-refractivity contribution >= 4 is 0 Å². The fourth-order valence-corrected chi connectivity index (χ4v) is 1.56. The SMILES string of the molecule is CC.c1cn(C[C@@H]2CCNC2)cn1. The molecule has 0 spiro atoms. The molecule has 1 saturated heterocycles. The van der Waals surface area contributed by atoms with Gasteiger partial charge in [0.25, 0.3) is 0 Å². The normalized spacial score (nSPS) is 20.9. The van der Waals surface area contributed by atoms with Gasteiger partial charge in [0.05, 0.1) is 6.33 Å². The van der Waals surface area contributed by atoms with Crippen molar-refractivity contribution in [2.45, 2.75) is 26.8 Å². The molecule has 3 nitrogen and oxygen atoms in total. The number of aromatic nitrogens is 2. The monoisotopic (exact) mass is 181 g/mol. The molecule has 1 aromatic heterocycles. The van der Waals surface area contributed by atoms with Gasteiger partial charge in [-0.15, -0.1) is 0 Å². The Kier molecular flexibility index (Phi) is 4.54. The third kappa shape index (κ3) is 3.19. The van der Waals surface area contributed by atoms with Crippen LogP contribution in [0.25, 0.3) is 0 Å². The van der Waals surface area contributed by atoms with Gasteiger partial charge in [-0.2, -0.15) is 0 Å². The summed E-state index contributed by atoms with van der Waals surface area (Å²) in [6, 6.07) is 0. The van der Waals surface area contributed by atoms with Crippen LogP contribution in [0.15, 0.2) is 18.7 Å². The molecule has 1 atom stereocenters. The van der Waals surface area contributed by atoms with Gasteiger partial charge < -0.3 is 9.88 Å². The predicted octanol–water partition coefficient (Wildman–Crippen LogP) is 1.52. The zero-order valence-corrected chi connectivity index (χ0v) is 8.53. The Morgan fingerprint density at radius 1 is 1.54 bits per heavy atom. The van der Waals surface area contributed by atoms with Crippen LogP contribution in [-0.2, 0) is 6.54 Å². The summed E-state index contributed by atoms with van der Waals surface area (Å²) in [6.45, 7) is 7.46. The highest BCUT2D eigenvalue weighted by molar-refractivity contribution is 4.78. The minimum atomic E-state index is 0.809. The second-order valence-corrected chi connectivity index (χ2v) is 3.12. The third-order valence-electron chi connectivity index (χ3n) is 2.19. The molecule has 3 heteroatoms. The molecule has 0 saturated carbocycles. The fraction of sp³-hybridized carbons (Fsp3) is 0.700. The molecule has 0 bridgehead atoms. The standard InChI is InChI=1S/C8H13N3.C2H6/c1-2-9-5-8(1)6-11-4-3-10-7-11;1-2/h3-4,7-9H,1-2,5-6H2;1-2H3/t8-;/m1./s1. The second kappa shape index (κ2) is 5.75. The van der Waals surface area contributed by atoms with Crippen LogP contribution in [0.1, 0.15) is 20.3 Å². The molecular formula is C10H19N3. The summed E-state index contributed by atoms with van der Waals surface area (Å²) in [5.41, 5.74) is 0. The number of nitrogens with zero attached hydrogens (tertiary/aromatic N) is 2. The van der Waals surface area contributed by atoms with E-state index in [0.717, 1.165) is 19.0 Å². The fourth-order valence-electron chi connectivity index (χ4n) is 1.56. The Balaban J connectivity index is 0.000000396. The summed E-state index contributed by atoms with van der Waals surface area (Å²) in [5.74, 6) is 0.809. The van der Waals surface area contributed by atoms with Gasteiger partial charge in [0.2, 0.25) is 0 Å². The van der Waals surface area contributed by atoms with Crippen LogP contribution >= 0.6 is 0 Å². The van der Waals surface area contributed by atoms with Gasteiger partial charge in [0, 0.05) is 18.9 Å². The van der Waals surface area contributed by atoms with Crippen LogP contribution in [0.3, 0.4) is 0 Å². The molecule has 74 valence electrons. The molecule has 0 aliphatic carbocycles. The maximum Gasteiger partial charge on any atom is 0.0946 e. The van der Waals surface area contributed by atoms with Crippen molar-refractivity contribution in [3.05, 3.63) is 18.7 Å². The molecule has 2 rings (SSSR count). The molecule has 1 aliphatic rings. The predicted molar refractivity (Wildman–Crippen MR) is 54.6 cm³/mol. The maximum absolute atomic E-state index is 4.01. The summed E-state index contributed by atoms with van der Waals surface area (Å²) in [7, 11) is 0. The van der Waals surface area contributed by atoms with Crippen LogP contribution in [0, 0.1) is 5.92 Å². The molecule has 0 aromatic carbocycles. The van der Waals surface area contributed by atoms with Crippen LogP contribution in [0.4, 0.5) is 0 Å². The first kappa shape index (κ1) is 10.3. The highest BCUT2D eigenvalue weighted by atomic mass is 15.0. The molecule has 2 heterocycles. The minimum absolute atomic E-state index is 0.809. The quantitative estimate of drug-likeness (QED) is 0.749. The van der Waals surface area contributed by atoms with Crippen LogP contribution < -0.4 is 5.32 Å². The van der Waals surface area contributed by atoms with Gasteiger partial charge in [-0.25, -0.2) is 4.98 Å². The summed E-state index contributed by atoms with van der Waals surface area (Å²) in [6.07, 6.45) is 7.05. The average Bonchev–Trinajstić information content (AvgIpc) is 2.81. The Morgan fingerprint density at radius 2 is 2.38 bits per heavy atom. The molecular weight excluding hydrogens is 162 g/mol. The largest absolute Gasteiger partial charge is 0.337 e. The van der Waals surface area contributed by atoms with Crippen molar-refractivity contribution in [1.82, 2.24) is 14.9 Å². The molecule has 0 radical (unpaired) electrons. The van der Waals surface area contributed by atoms with E-state index in [2.05, 4.69) is 14.9 Å². The smallest absolute Gasteiger partial charge is 0.0946 e. The number of imidazole rings is 1. The summed E-state index contributed by atoms with van der Waals surface area (Å²) >= 11 is 0. The Hall–Kier alpha value is -0.830. The summed E-state index contributed by atoms with van der Waals surface area (Å²) in [5, 5.41) is 3.35. The number of nitrogens with one attached hydrogen (secondary N) is 1. The van der Waals surface area contributed by atoms with E-state index < -0.39 is 0 Å². The highest BCUT2D eigenvalue weighted by Gasteiger charge is 2.13. The van der Waals surface area contributed by atoms with Crippen LogP contribution in [0.5, 0.6) is 0 Å². The Bertz CT molecular complexity index is 200. The van der Waals surface area contributed by atoms with Crippen molar-refractivity contribution in [3.63, 3.8) is 0 Å². The van der Waals surface area contributed by atoms with Crippen molar-refractivity contribution in [2.24, 2.45) is 5.92 Å². The third-order valence-corrected chi connectivity index (χ3v) is 2.19. The van der Waals surface area contributed by atoms with Crippen molar-refractivity contribution in [3.8, 4) is 0 Å². The molecule has 1 fully saturated rings. The van der Waals surface area contributed by atoms with Gasteiger partial charge in [0.15, 0.2) is 0 Å². The zero-order chi connectivity index (χ0) is 9.52. The van der Waals surface area contributed by atoms with Gasteiger partial charge in [-0.3, -0.25) is 0 Å². The van der Waals surface area contributed by atoms with E-state index in [0.29, 0.717) is 0 Å². The minimum Gasteiger partial charge on any atom is -0.337 e. The van der Waals surface area contributed by atoms with Gasteiger partial charge in [-0.1, -0.05) is 13.8 Å². The van der Waals surface area contributed by atoms with E-state index in [4.69, 9.17) is 0 Å². The first-order valence-electron chi connectivity index (χ1n) is 5.11. The summed E-state index contributed by atoms with van der Waals surface area (Å²) < 4.78 is 2.15. The number of rotatable bonds is 2. The van der Waals surface area contributed by atoms with Crippen molar-refractivity contribution < 1.29 is 0 Å². The molecule has 13 heavy (non-hydrogen) atoms. The second-order valence-electron chi connectivity index (χ2n) is 3.12. The lowest BCUT2D eigenvalue weighted by Gasteiger charge is -2.07. The van der Waals surface area contributed by atoms with Crippen molar-refractivity contribution in [2.75, 3.05) is 13.1 Å². The van der Waals surface area contributed by atoms with E-state index in [1.165, 1.54) is 13.0 Å². The van der Waals surface area contributed by atoms with E-state index in [1.807, 2.05) is 32.6 Å². The van der Waals surface area contributed by atoms with Gasteiger partial charge in [-0.05, 0) is 25.4 Å². The topological polar surface area (TPSA) is 29.9 Å². The Labute approximate surface area is 80.2 Å². The van der Waals surface area contributed by atoms with E-state index in [-0.39, 0.29) is 0 Å². The lowest BCUT2D eigenvalue weighted by Crippen LogP contribution is -2.13. The average molecular weight is 181 g/mol. The van der Waals surface area contributed by atoms with Crippen LogP contribution in [0.2, 0.25) is 0 Å². The van der Waals surface area contributed by atoms with Crippen molar-refractivity contribution in [1.29, 1.82) is 0 Å². The van der Waals surface area contributed by atoms with E-state index in [9.17, 15) is 0 Å². The van der Waals surface area contributed by atoms with E-state index >= 15 is 0 Å². The lowest BCUT2D eigenvalue weighted by molar-refractivity contribution is 0.481. The van der Waals surface area contributed by atoms with Gasteiger partial charge in [0.1, 0.15) is 0 Å². The Morgan fingerprint density at radius 3 is 2.92 bits per heavy atom. The maximum atomic E-state index is 4.01. The molecule has 1 aromatic rings. The highest BCUT2D eigenvalue weighted by Crippen LogP contribution is 2.09. The molecule has 0 unspecified atom stereocenters. The molecule has 0 amide bonds. The van der Waals surface area contributed by atoms with Gasteiger partial charge >= 0.3 is 0 Å².